The summed E-state index contributed by atoms with van der Waals surface area (Å²) in [5.74, 6) is 1.40. The van der Waals surface area contributed by atoms with Crippen LogP contribution in [-0.2, 0) is 11.3 Å². The maximum Gasteiger partial charge on any atom is 0.241 e. The number of pyridine rings is 1. The SMILES string of the molecule is Cc1ccnc(NC(=O)CN(C)Cc2nc(-c3ccc(Br)s3)no2)c1. The van der Waals surface area contributed by atoms with Crippen LogP contribution in [0.25, 0.3) is 10.7 Å². The van der Waals surface area contributed by atoms with E-state index in [9.17, 15) is 4.79 Å². The van der Waals surface area contributed by atoms with Gasteiger partial charge in [0.05, 0.1) is 21.8 Å². The molecule has 0 aliphatic rings. The van der Waals surface area contributed by atoms with Gasteiger partial charge in [0.25, 0.3) is 0 Å². The summed E-state index contributed by atoms with van der Waals surface area (Å²) in [5.41, 5.74) is 1.04. The smallest absolute Gasteiger partial charge is 0.241 e. The van der Waals surface area contributed by atoms with Gasteiger partial charge in [0.15, 0.2) is 0 Å². The van der Waals surface area contributed by atoms with E-state index in [0.717, 1.165) is 14.2 Å². The van der Waals surface area contributed by atoms with Crippen molar-refractivity contribution >= 4 is 39.0 Å². The van der Waals surface area contributed by atoms with Crippen molar-refractivity contribution in [2.24, 2.45) is 0 Å². The molecule has 130 valence electrons. The average molecular weight is 422 g/mol. The number of aryl methyl sites for hydroxylation is 1. The third-order valence-electron chi connectivity index (χ3n) is 3.26. The number of hydrogen-bond acceptors (Lipinski definition) is 7. The zero-order valence-electron chi connectivity index (χ0n) is 13.7. The lowest BCUT2D eigenvalue weighted by Gasteiger charge is -2.13. The summed E-state index contributed by atoms with van der Waals surface area (Å²) >= 11 is 4.94. The number of aromatic nitrogens is 3. The van der Waals surface area contributed by atoms with Gasteiger partial charge in [-0.05, 0) is 59.7 Å². The van der Waals surface area contributed by atoms with Crippen LogP contribution in [0.3, 0.4) is 0 Å². The first kappa shape index (κ1) is 17.7. The Kier molecular flexibility index (Phi) is 5.57. The molecule has 3 rings (SSSR count). The van der Waals surface area contributed by atoms with Crippen LogP contribution in [0.5, 0.6) is 0 Å². The number of carbonyl (C=O) groups excluding carboxylic acids is 1. The van der Waals surface area contributed by atoms with Crippen LogP contribution in [0.2, 0.25) is 0 Å². The highest BCUT2D eigenvalue weighted by molar-refractivity contribution is 9.11. The molecule has 0 fully saturated rings. The van der Waals surface area contributed by atoms with Gasteiger partial charge in [-0.15, -0.1) is 11.3 Å². The average Bonchev–Trinajstić information content (AvgIpc) is 3.16. The maximum atomic E-state index is 12.1. The molecule has 25 heavy (non-hydrogen) atoms. The Bertz CT molecular complexity index is 879. The molecular formula is C16H16BrN5O2S. The van der Waals surface area contributed by atoms with Crippen molar-refractivity contribution in [1.29, 1.82) is 0 Å². The van der Waals surface area contributed by atoms with Crippen LogP contribution in [0.1, 0.15) is 11.5 Å². The minimum absolute atomic E-state index is 0.150. The van der Waals surface area contributed by atoms with Gasteiger partial charge in [-0.1, -0.05) is 5.16 Å². The number of carbonyl (C=O) groups is 1. The standard InChI is InChI=1S/C16H16BrN5O2S/c1-10-5-6-18-13(7-10)19-14(23)8-22(2)9-15-20-16(21-24-15)11-3-4-12(17)25-11/h3-7H,8-9H2,1-2H3,(H,18,19,23). The van der Waals surface area contributed by atoms with Crippen molar-refractivity contribution < 1.29 is 9.32 Å². The molecule has 0 aliphatic heterocycles. The molecule has 0 atom stereocenters. The van der Waals surface area contributed by atoms with E-state index in [1.165, 1.54) is 11.3 Å². The molecule has 0 saturated heterocycles. The Morgan fingerprint density at radius 2 is 2.24 bits per heavy atom. The number of amides is 1. The molecule has 3 heterocycles. The summed E-state index contributed by atoms with van der Waals surface area (Å²) in [4.78, 5) is 23.3. The summed E-state index contributed by atoms with van der Waals surface area (Å²) in [6.45, 7) is 2.52. The molecule has 3 aromatic rings. The van der Waals surface area contributed by atoms with Crippen molar-refractivity contribution in [2.45, 2.75) is 13.5 Å². The molecule has 0 bridgehead atoms. The Labute approximate surface area is 157 Å². The van der Waals surface area contributed by atoms with Gasteiger partial charge >= 0.3 is 0 Å². The van der Waals surface area contributed by atoms with E-state index < -0.39 is 0 Å². The predicted octanol–water partition coefficient (Wildman–Crippen LogP) is 3.33. The van der Waals surface area contributed by atoms with E-state index in [4.69, 9.17) is 4.52 Å². The molecule has 1 N–H and O–H groups in total. The first-order valence-electron chi connectivity index (χ1n) is 7.49. The zero-order valence-corrected chi connectivity index (χ0v) is 16.1. The summed E-state index contributed by atoms with van der Waals surface area (Å²) in [6.07, 6.45) is 1.66. The first-order valence-corrected chi connectivity index (χ1v) is 9.10. The molecule has 0 aromatic carbocycles. The first-order chi connectivity index (χ1) is 12.0. The second-order valence-electron chi connectivity index (χ2n) is 5.55. The zero-order chi connectivity index (χ0) is 17.8. The van der Waals surface area contributed by atoms with E-state index in [0.29, 0.717) is 24.1 Å². The van der Waals surface area contributed by atoms with Gasteiger partial charge in [-0.3, -0.25) is 9.69 Å². The fourth-order valence-electron chi connectivity index (χ4n) is 2.17. The molecule has 7 nitrogen and oxygen atoms in total. The molecule has 0 saturated carbocycles. The van der Waals surface area contributed by atoms with Gasteiger partial charge < -0.3 is 9.84 Å². The van der Waals surface area contributed by atoms with Crippen molar-refractivity contribution in [1.82, 2.24) is 20.0 Å². The number of anilines is 1. The Morgan fingerprint density at radius 1 is 1.40 bits per heavy atom. The number of rotatable bonds is 6. The molecular weight excluding hydrogens is 406 g/mol. The fraction of sp³-hybridized carbons (Fsp3) is 0.250. The number of likely N-dealkylation sites (N-methyl/N-ethyl adjacent to an activating group) is 1. The van der Waals surface area contributed by atoms with Gasteiger partial charge in [0.2, 0.25) is 17.6 Å². The molecule has 0 spiro atoms. The quantitative estimate of drug-likeness (QED) is 0.656. The molecule has 0 aliphatic carbocycles. The van der Waals surface area contributed by atoms with Crippen molar-refractivity contribution in [3.8, 4) is 10.7 Å². The summed E-state index contributed by atoms with van der Waals surface area (Å²) < 4.78 is 6.27. The number of nitrogens with one attached hydrogen (secondary N) is 1. The Balaban J connectivity index is 1.54. The van der Waals surface area contributed by atoms with E-state index in [-0.39, 0.29) is 12.5 Å². The number of halogens is 1. The highest BCUT2D eigenvalue weighted by atomic mass is 79.9. The van der Waals surface area contributed by atoms with Crippen LogP contribution in [0.15, 0.2) is 38.8 Å². The lowest BCUT2D eigenvalue weighted by molar-refractivity contribution is -0.117. The molecule has 0 unspecified atom stereocenters. The summed E-state index contributed by atoms with van der Waals surface area (Å²) in [6, 6.07) is 7.56. The minimum atomic E-state index is -0.150. The van der Waals surface area contributed by atoms with Crippen LogP contribution in [0.4, 0.5) is 5.82 Å². The predicted molar refractivity (Wildman–Crippen MR) is 99.2 cm³/mol. The molecule has 1 amide bonds. The number of thiophene rings is 1. The van der Waals surface area contributed by atoms with Gasteiger partial charge in [-0.2, -0.15) is 4.98 Å². The normalized spacial score (nSPS) is 11.0. The Hall–Kier alpha value is -2.10. The second-order valence-corrected chi connectivity index (χ2v) is 8.02. The van der Waals surface area contributed by atoms with E-state index in [1.807, 2.05) is 38.2 Å². The van der Waals surface area contributed by atoms with E-state index >= 15 is 0 Å². The second kappa shape index (κ2) is 7.85. The number of hydrogen-bond donors (Lipinski definition) is 1. The molecule has 9 heteroatoms. The monoisotopic (exact) mass is 421 g/mol. The maximum absolute atomic E-state index is 12.1. The van der Waals surface area contributed by atoms with Crippen molar-refractivity contribution in [3.05, 3.63) is 45.7 Å². The summed E-state index contributed by atoms with van der Waals surface area (Å²) in [5, 5.41) is 6.75. The third-order valence-corrected chi connectivity index (χ3v) is 4.88. The third kappa shape index (κ3) is 4.94. The van der Waals surface area contributed by atoms with Gasteiger partial charge in [0, 0.05) is 6.20 Å². The Morgan fingerprint density at radius 3 is 2.96 bits per heavy atom. The van der Waals surface area contributed by atoms with Crippen molar-refractivity contribution in [3.63, 3.8) is 0 Å². The van der Waals surface area contributed by atoms with Crippen LogP contribution < -0.4 is 5.32 Å². The minimum Gasteiger partial charge on any atom is -0.338 e. The lowest BCUT2D eigenvalue weighted by atomic mass is 10.3. The molecule has 3 aromatic heterocycles. The van der Waals surface area contributed by atoms with E-state index in [1.54, 1.807) is 11.1 Å². The molecule has 0 radical (unpaired) electrons. The van der Waals surface area contributed by atoms with E-state index in [2.05, 4.69) is 36.4 Å². The highest BCUT2D eigenvalue weighted by Gasteiger charge is 2.14. The fourth-order valence-corrected chi connectivity index (χ4v) is 3.48. The van der Waals surface area contributed by atoms with Gasteiger partial charge in [0.1, 0.15) is 5.82 Å². The number of nitrogens with zero attached hydrogens (tertiary/aromatic N) is 4. The summed E-state index contributed by atoms with van der Waals surface area (Å²) in [7, 11) is 1.81. The van der Waals surface area contributed by atoms with Crippen molar-refractivity contribution in [2.75, 3.05) is 18.9 Å². The van der Waals surface area contributed by atoms with Crippen LogP contribution in [-0.4, -0.2) is 39.5 Å². The topological polar surface area (TPSA) is 84.2 Å². The highest BCUT2D eigenvalue weighted by Crippen LogP contribution is 2.29. The van der Waals surface area contributed by atoms with Crippen LogP contribution in [0, 0.1) is 6.92 Å². The largest absolute Gasteiger partial charge is 0.338 e. The van der Waals surface area contributed by atoms with Gasteiger partial charge in [-0.25, -0.2) is 4.98 Å². The lowest BCUT2D eigenvalue weighted by Crippen LogP contribution is -2.30. The van der Waals surface area contributed by atoms with Crippen LogP contribution >= 0.6 is 27.3 Å².